The van der Waals surface area contributed by atoms with Crippen molar-refractivity contribution < 1.29 is 19.8 Å². The molecule has 0 aliphatic carbocycles. The fraction of sp³-hybridized carbons (Fsp3) is 0.889. The lowest BCUT2D eigenvalue weighted by molar-refractivity contribution is -0.244. The van der Waals surface area contributed by atoms with E-state index in [1.54, 1.807) is 6.92 Å². The lowest BCUT2D eigenvalue weighted by Gasteiger charge is -2.33. The second-order valence-electron chi connectivity index (χ2n) is 4.48. The van der Waals surface area contributed by atoms with E-state index in [1.165, 1.54) is 0 Å². The third-order valence-electron chi connectivity index (χ3n) is 2.56. The second kappa shape index (κ2) is 3.49. The lowest BCUT2D eigenvalue weighted by Crippen LogP contribution is -2.48. The average molecular weight is 203 g/mol. The van der Waals surface area contributed by atoms with E-state index in [-0.39, 0.29) is 12.8 Å². The molecule has 0 aromatic carbocycles. The molecular formula is C9H17NO4. The van der Waals surface area contributed by atoms with Crippen molar-refractivity contribution >= 4 is 5.97 Å². The SMILES string of the molecule is CC1(C)COC(C)(CCC(=O)O)N1O. The zero-order chi connectivity index (χ0) is 11.0. The van der Waals surface area contributed by atoms with Crippen molar-refractivity contribution in [2.24, 2.45) is 0 Å². The molecule has 0 amide bonds. The number of carboxylic acids is 1. The predicted octanol–water partition coefficient (Wildman–Crippen LogP) is 1.07. The van der Waals surface area contributed by atoms with Crippen LogP contribution in [0.1, 0.15) is 33.6 Å². The van der Waals surface area contributed by atoms with Gasteiger partial charge in [0, 0.05) is 12.8 Å². The van der Waals surface area contributed by atoms with Crippen LogP contribution >= 0.6 is 0 Å². The highest BCUT2D eigenvalue weighted by atomic mass is 16.6. The first-order valence-electron chi connectivity index (χ1n) is 4.63. The number of carbonyl (C=O) groups is 1. The Morgan fingerprint density at radius 3 is 2.43 bits per heavy atom. The first-order chi connectivity index (χ1) is 6.28. The largest absolute Gasteiger partial charge is 0.481 e. The molecule has 5 heteroatoms. The Morgan fingerprint density at radius 1 is 1.50 bits per heavy atom. The quantitative estimate of drug-likeness (QED) is 0.718. The Labute approximate surface area is 83.2 Å². The van der Waals surface area contributed by atoms with Crippen molar-refractivity contribution in [3.8, 4) is 0 Å². The summed E-state index contributed by atoms with van der Waals surface area (Å²) in [6.45, 7) is 5.79. The molecule has 1 aliphatic rings. The van der Waals surface area contributed by atoms with Gasteiger partial charge in [0.2, 0.25) is 0 Å². The van der Waals surface area contributed by atoms with E-state index < -0.39 is 17.2 Å². The monoisotopic (exact) mass is 203 g/mol. The summed E-state index contributed by atoms with van der Waals surface area (Å²) in [4.78, 5) is 10.4. The van der Waals surface area contributed by atoms with E-state index in [4.69, 9.17) is 9.84 Å². The van der Waals surface area contributed by atoms with Crippen LogP contribution in [0.4, 0.5) is 0 Å². The summed E-state index contributed by atoms with van der Waals surface area (Å²) >= 11 is 0. The molecule has 1 atom stereocenters. The predicted molar refractivity (Wildman–Crippen MR) is 48.9 cm³/mol. The van der Waals surface area contributed by atoms with Gasteiger partial charge in [-0.1, -0.05) is 0 Å². The summed E-state index contributed by atoms with van der Waals surface area (Å²) in [7, 11) is 0. The van der Waals surface area contributed by atoms with Crippen molar-refractivity contribution in [2.75, 3.05) is 6.61 Å². The van der Waals surface area contributed by atoms with Crippen molar-refractivity contribution in [3.63, 3.8) is 0 Å². The number of hydroxylamine groups is 2. The van der Waals surface area contributed by atoms with Crippen LogP contribution in [-0.2, 0) is 9.53 Å². The fourth-order valence-corrected chi connectivity index (χ4v) is 1.61. The van der Waals surface area contributed by atoms with E-state index in [9.17, 15) is 10.0 Å². The number of rotatable bonds is 3. The molecule has 0 aromatic rings. The van der Waals surface area contributed by atoms with Gasteiger partial charge in [-0.15, -0.1) is 0 Å². The molecule has 14 heavy (non-hydrogen) atoms. The smallest absolute Gasteiger partial charge is 0.303 e. The highest BCUT2D eigenvalue weighted by Crippen LogP contribution is 2.35. The molecular weight excluding hydrogens is 186 g/mol. The van der Waals surface area contributed by atoms with Gasteiger partial charge in [-0.3, -0.25) is 4.79 Å². The van der Waals surface area contributed by atoms with Crippen molar-refractivity contribution in [3.05, 3.63) is 0 Å². The highest BCUT2D eigenvalue weighted by Gasteiger charge is 2.48. The molecule has 1 rings (SSSR count). The number of aliphatic carboxylic acids is 1. The van der Waals surface area contributed by atoms with E-state index in [0.717, 1.165) is 5.06 Å². The summed E-state index contributed by atoms with van der Waals surface area (Å²) < 4.78 is 5.43. The standard InChI is InChI=1S/C9H17NO4/c1-8(2)6-14-9(3,10(8)13)5-4-7(11)12/h13H,4-6H2,1-3H3,(H,11,12). The Bertz CT molecular complexity index is 241. The summed E-state index contributed by atoms with van der Waals surface area (Å²) in [5.41, 5.74) is -1.32. The van der Waals surface area contributed by atoms with Crippen LogP contribution in [0, 0.1) is 0 Å². The first kappa shape index (κ1) is 11.4. The maximum absolute atomic E-state index is 10.4. The van der Waals surface area contributed by atoms with Gasteiger partial charge in [0.05, 0.1) is 12.1 Å². The lowest BCUT2D eigenvalue weighted by atomic mass is 10.0. The average Bonchev–Trinajstić information content (AvgIpc) is 2.28. The normalized spacial score (nSPS) is 32.0. The molecule has 0 saturated carbocycles. The molecule has 1 heterocycles. The van der Waals surface area contributed by atoms with Crippen molar-refractivity contribution in [2.45, 2.75) is 44.9 Å². The van der Waals surface area contributed by atoms with Crippen LogP contribution in [0.5, 0.6) is 0 Å². The van der Waals surface area contributed by atoms with Crippen LogP contribution in [0.25, 0.3) is 0 Å². The van der Waals surface area contributed by atoms with Crippen LogP contribution in [0.15, 0.2) is 0 Å². The Kier molecular flexibility index (Phi) is 2.85. The summed E-state index contributed by atoms with van der Waals surface area (Å²) in [6, 6.07) is 0. The molecule has 1 saturated heterocycles. The molecule has 0 aromatic heterocycles. The van der Waals surface area contributed by atoms with Gasteiger partial charge in [0.1, 0.15) is 5.72 Å². The van der Waals surface area contributed by atoms with Gasteiger partial charge in [0.15, 0.2) is 0 Å². The number of ether oxygens (including phenoxy) is 1. The highest BCUT2D eigenvalue weighted by molar-refractivity contribution is 5.66. The molecule has 2 N–H and O–H groups in total. The van der Waals surface area contributed by atoms with Gasteiger partial charge in [-0.05, 0) is 20.8 Å². The Hall–Kier alpha value is -0.650. The fourth-order valence-electron chi connectivity index (χ4n) is 1.61. The first-order valence-corrected chi connectivity index (χ1v) is 4.63. The molecule has 0 radical (unpaired) electrons. The maximum Gasteiger partial charge on any atom is 0.303 e. The van der Waals surface area contributed by atoms with Crippen LogP contribution < -0.4 is 0 Å². The summed E-state index contributed by atoms with van der Waals surface area (Å²) in [5.74, 6) is -0.882. The number of nitrogens with zero attached hydrogens (tertiary/aromatic N) is 1. The zero-order valence-electron chi connectivity index (χ0n) is 8.78. The van der Waals surface area contributed by atoms with E-state index in [0.29, 0.717) is 6.61 Å². The van der Waals surface area contributed by atoms with Crippen LogP contribution in [0.3, 0.4) is 0 Å². The van der Waals surface area contributed by atoms with Gasteiger partial charge in [0.25, 0.3) is 0 Å². The number of carboxylic acid groups (broad SMARTS) is 1. The maximum atomic E-state index is 10.4. The molecule has 0 bridgehead atoms. The third-order valence-corrected chi connectivity index (χ3v) is 2.56. The number of hydrogen-bond acceptors (Lipinski definition) is 4. The van der Waals surface area contributed by atoms with E-state index in [2.05, 4.69) is 0 Å². The van der Waals surface area contributed by atoms with Gasteiger partial charge < -0.3 is 15.1 Å². The third kappa shape index (κ3) is 2.05. The number of hydrogen-bond donors (Lipinski definition) is 2. The molecule has 1 fully saturated rings. The van der Waals surface area contributed by atoms with Gasteiger partial charge >= 0.3 is 5.97 Å². The van der Waals surface area contributed by atoms with Crippen LogP contribution in [0.2, 0.25) is 0 Å². The molecule has 1 unspecified atom stereocenters. The molecule has 0 spiro atoms. The summed E-state index contributed by atoms with van der Waals surface area (Å²) in [6.07, 6.45) is 0.270. The Morgan fingerprint density at radius 2 is 2.07 bits per heavy atom. The van der Waals surface area contributed by atoms with Crippen molar-refractivity contribution in [1.82, 2.24) is 5.06 Å². The van der Waals surface area contributed by atoms with Crippen LogP contribution in [-0.4, -0.2) is 39.2 Å². The van der Waals surface area contributed by atoms with Gasteiger partial charge in [-0.25, -0.2) is 0 Å². The van der Waals surface area contributed by atoms with Crippen molar-refractivity contribution in [1.29, 1.82) is 0 Å². The molecule has 82 valence electrons. The Balaban J connectivity index is 2.63. The zero-order valence-corrected chi connectivity index (χ0v) is 8.78. The molecule has 1 aliphatic heterocycles. The van der Waals surface area contributed by atoms with E-state index >= 15 is 0 Å². The minimum absolute atomic E-state index is 0.0103. The minimum Gasteiger partial charge on any atom is -0.481 e. The molecule has 5 nitrogen and oxygen atoms in total. The summed E-state index contributed by atoms with van der Waals surface area (Å²) in [5, 5.41) is 19.5. The topological polar surface area (TPSA) is 70.0 Å². The van der Waals surface area contributed by atoms with E-state index in [1.807, 2.05) is 13.8 Å². The van der Waals surface area contributed by atoms with Gasteiger partial charge in [-0.2, -0.15) is 5.06 Å². The minimum atomic E-state index is -0.882. The second-order valence-corrected chi connectivity index (χ2v) is 4.48.